The zero-order chi connectivity index (χ0) is 15.3. The first-order chi connectivity index (χ1) is 9.21. The van der Waals surface area contributed by atoms with Crippen molar-refractivity contribution < 1.29 is 18.0 Å². The first-order valence-corrected chi connectivity index (χ1v) is 5.61. The number of nitrogens with two attached hydrogens (primary N) is 1. The molecule has 0 radical (unpaired) electrons. The molecule has 20 heavy (non-hydrogen) atoms. The van der Waals surface area contributed by atoms with E-state index in [4.69, 9.17) is 5.73 Å². The third kappa shape index (κ3) is 4.42. The molecule has 0 bridgehead atoms. The molecule has 7 heteroatoms. The van der Waals surface area contributed by atoms with Crippen LogP contribution in [0, 0.1) is 0 Å². The Morgan fingerprint density at radius 2 is 1.90 bits per heavy atom. The Morgan fingerprint density at radius 3 is 2.45 bits per heavy atom. The second-order valence-electron chi connectivity index (χ2n) is 4.12. The van der Waals surface area contributed by atoms with Crippen LogP contribution in [-0.2, 0) is 11.0 Å². The molecule has 108 valence electrons. The minimum Gasteiger partial charge on any atom is -0.369 e. The standard InChI is InChI=1S/C13H14F3N3O/c1-19(2)12(17)18-11(20)8-7-9-5-3-4-6-10(9)13(14,15)16/h3-8H,1-2H3,(H2,17,18,20). The van der Waals surface area contributed by atoms with Crippen LogP contribution in [0.4, 0.5) is 13.2 Å². The SMILES string of the molecule is CN(C)C(N)=NC(=O)C=Cc1ccccc1C(F)(F)F. The predicted molar refractivity (Wildman–Crippen MR) is 70.8 cm³/mol. The van der Waals surface area contributed by atoms with Gasteiger partial charge < -0.3 is 10.6 Å². The van der Waals surface area contributed by atoms with Crippen LogP contribution in [0.3, 0.4) is 0 Å². The summed E-state index contributed by atoms with van der Waals surface area (Å²) >= 11 is 0. The van der Waals surface area contributed by atoms with Crippen LogP contribution in [0.1, 0.15) is 11.1 Å². The minimum atomic E-state index is -4.48. The molecule has 0 fully saturated rings. The van der Waals surface area contributed by atoms with E-state index in [1.165, 1.54) is 23.1 Å². The van der Waals surface area contributed by atoms with Gasteiger partial charge in [-0.05, 0) is 17.7 Å². The Morgan fingerprint density at radius 1 is 1.30 bits per heavy atom. The van der Waals surface area contributed by atoms with Gasteiger partial charge in [0.15, 0.2) is 5.96 Å². The van der Waals surface area contributed by atoms with Crippen molar-refractivity contribution in [2.75, 3.05) is 14.1 Å². The Kier molecular flexibility index (Phi) is 4.90. The predicted octanol–water partition coefficient (Wildman–Crippen LogP) is 2.12. The number of aliphatic imine (C=N–C) groups is 1. The highest BCUT2D eigenvalue weighted by atomic mass is 19.4. The van der Waals surface area contributed by atoms with Crippen molar-refractivity contribution in [3.63, 3.8) is 0 Å². The van der Waals surface area contributed by atoms with Gasteiger partial charge in [0.05, 0.1) is 5.56 Å². The van der Waals surface area contributed by atoms with E-state index in [0.717, 1.165) is 18.2 Å². The molecular formula is C13H14F3N3O. The number of carbonyl (C=O) groups excluding carboxylic acids is 1. The van der Waals surface area contributed by atoms with Crippen LogP contribution < -0.4 is 5.73 Å². The summed E-state index contributed by atoms with van der Waals surface area (Å²) < 4.78 is 38.1. The van der Waals surface area contributed by atoms with Crippen LogP contribution in [0.5, 0.6) is 0 Å². The van der Waals surface area contributed by atoms with E-state index in [0.29, 0.717) is 0 Å². The van der Waals surface area contributed by atoms with Gasteiger partial charge in [-0.25, -0.2) is 0 Å². The summed E-state index contributed by atoms with van der Waals surface area (Å²) in [6, 6.07) is 4.95. The van der Waals surface area contributed by atoms with Crippen molar-refractivity contribution in [1.29, 1.82) is 0 Å². The molecule has 0 aliphatic heterocycles. The molecule has 0 spiro atoms. The molecule has 0 aromatic heterocycles. The molecule has 4 nitrogen and oxygen atoms in total. The molecule has 0 aliphatic rings. The summed E-state index contributed by atoms with van der Waals surface area (Å²) in [5, 5.41) is 0. The van der Waals surface area contributed by atoms with E-state index < -0.39 is 17.6 Å². The van der Waals surface area contributed by atoms with Crippen molar-refractivity contribution >= 4 is 17.9 Å². The molecule has 0 unspecified atom stereocenters. The molecule has 1 rings (SSSR count). The van der Waals surface area contributed by atoms with Crippen LogP contribution in [0.2, 0.25) is 0 Å². The Labute approximate surface area is 114 Å². The quantitative estimate of drug-likeness (QED) is 0.514. The summed E-state index contributed by atoms with van der Waals surface area (Å²) in [6.07, 6.45) is -2.46. The summed E-state index contributed by atoms with van der Waals surface area (Å²) in [5.41, 5.74) is 4.51. The lowest BCUT2D eigenvalue weighted by molar-refractivity contribution is -0.137. The van der Waals surface area contributed by atoms with Crippen molar-refractivity contribution in [2.24, 2.45) is 10.7 Å². The third-order valence-corrected chi connectivity index (χ3v) is 2.35. The Balaban J connectivity index is 2.97. The number of alkyl halides is 3. The number of hydrogen-bond acceptors (Lipinski definition) is 1. The maximum absolute atomic E-state index is 12.7. The van der Waals surface area contributed by atoms with Crippen LogP contribution in [0.15, 0.2) is 35.3 Å². The first-order valence-electron chi connectivity index (χ1n) is 5.61. The number of amides is 1. The maximum atomic E-state index is 12.7. The lowest BCUT2D eigenvalue weighted by Crippen LogP contribution is -2.31. The zero-order valence-corrected chi connectivity index (χ0v) is 11.0. The number of hydrogen-bond donors (Lipinski definition) is 1. The van der Waals surface area contributed by atoms with Gasteiger partial charge in [-0.1, -0.05) is 18.2 Å². The molecule has 2 N–H and O–H groups in total. The number of halogens is 3. The van der Waals surface area contributed by atoms with Crippen LogP contribution >= 0.6 is 0 Å². The number of guanidine groups is 1. The summed E-state index contributed by atoms with van der Waals surface area (Å²) in [6.45, 7) is 0. The van der Waals surface area contributed by atoms with E-state index in [9.17, 15) is 18.0 Å². The normalized spacial score (nSPS) is 12.8. The topological polar surface area (TPSA) is 58.7 Å². The van der Waals surface area contributed by atoms with Gasteiger partial charge in [-0.2, -0.15) is 18.2 Å². The summed E-state index contributed by atoms with van der Waals surface area (Å²) in [4.78, 5) is 16.3. The minimum absolute atomic E-state index is 0.0243. The summed E-state index contributed by atoms with van der Waals surface area (Å²) in [5.74, 6) is -0.753. The molecule has 1 aromatic carbocycles. The van der Waals surface area contributed by atoms with Gasteiger partial charge in [-0.15, -0.1) is 0 Å². The number of rotatable bonds is 2. The van der Waals surface area contributed by atoms with Gasteiger partial charge in [0.2, 0.25) is 0 Å². The molecule has 0 aliphatic carbocycles. The molecule has 1 aromatic rings. The van der Waals surface area contributed by atoms with Crippen LogP contribution in [0.25, 0.3) is 6.08 Å². The lowest BCUT2D eigenvalue weighted by Gasteiger charge is -2.10. The van der Waals surface area contributed by atoms with Gasteiger partial charge in [-0.3, -0.25) is 4.79 Å². The largest absolute Gasteiger partial charge is 0.416 e. The molecular weight excluding hydrogens is 271 g/mol. The van der Waals surface area contributed by atoms with Crippen molar-refractivity contribution in [2.45, 2.75) is 6.18 Å². The fourth-order valence-electron chi connectivity index (χ4n) is 1.31. The van der Waals surface area contributed by atoms with Crippen molar-refractivity contribution in [3.05, 3.63) is 41.5 Å². The van der Waals surface area contributed by atoms with Gasteiger partial charge in [0.1, 0.15) is 0 Å². The van der Waals surface area contributed by atoms with E-state index in [2.05, 4.69) is 4.99 Å². The zero-order valence-electron chi connectivity index (χ0n) is 11.0. The molecule has 0 atom stereocenters. The second kappa shape index (κ2) is 6.23. The monoisotopic (exact) mass is 285 g/mol. The second-order valence-corrected chi connectivity index (χ2v) is 4.12. The molecule has 0 heterocycles. The Hall–Kier alpha value is -2.31. The fraction of sp³-hybridized carbons (Fsp3) is 0.231. The number of nitrogens with zero attached hydrogens (tertiary/aromatic N) is 2. The number of carbonyl (C=O) groups is 1. The average Bonchev–Trinajstić information content (AvgIpc) is 2.35. The first kappa shape index (κ1) is 15.7. The van der Waals surface area contributed by atoms with Gasteiger partial charge in [0.25, 0.3) is 5.91 Å². The van der Waals surface area contributed by atoms with Crippen molar-refractivity contribution in [3.8, 4) is 0 Å². The van der Waals surface area contributed by atoms with Gasteiger partial charge in [0, 0.05) is 20.2 Å². The van der Waals surface area contributed by atoms with E-state index in [1.54, 1.807) is 14.1 Å². The lowest BCUT2D eigenvalue weighted by atomic mass is 10.1. The van der Waals surface area contributed by atoms with Crippen LogP contribution in [-0.4, -0.2) is 30.9 Å². The van der Waals surface area contributed by atoms with Crippen molar-refractivity contribution in [1.82, 2.24) is 4.90 Å². The number of benzene rings is 1. The third-order valence-electron chi connectivity index (χ3n) is 2.35. The average molecular weight is 285 g/mol. The molecule has 0 saturated carbocycles. The molecule has 0 saturated heterocycles. The van der Waals surface area contributed by atoms with E-state index in [1.807, 2.05) is 0 Å². The smallest absolute Gasteiger partial charge is 0.369 e. The highest BCUT2D eigenvalue weighted by molar-refractivity contribution is 6.00. The van der Waals surface area contributed by atoms with Gasteiger partial charge >= 0.3 is 6.18 Å². The maximum Gasteiger partial charge on any atom is 0.416 e. The highest BCUT2D eigenvalue weighted by Gasteiger charge is 2.32. The highest BCUT2D eigenvalue weighted by Crippen LogP contribution is 2.32. The Bertz CT molecular complexity index is 548. The fourth-order valence-corrected chi connectivity index (χ4v) is 1.31. The summed E-state index contributed by atoms with van der Waals surface area (Å²) in [7, 11) is 3.18. The van der Waals surface area contributed by atoms with E-state index in [-0.39, 0.29) is 11.5 Å². The molecule has 1 amide bonds. The van der Waals surface area contributed by atoms with E-state index >= 15 is 0 Å².